The predicted molar refractivity (Wildman–Crippen MR) is 64.3 cm³/mol. The molecule has 0 bridgehead atoms. The van der Waals surface area contributed by atoms with Gasteiger partial charge in [0.05, 0.1) is 0 Å². The topological polar surface area (TPSA) is 20.3 Å². The highest BCUT2D eigenvalue weighted by Crippen LogP contribution is 2.23. The SMILES string of the molecule is O=C1CCCN1/C=C(\Br)c1ccccc1. The van der Waals surface area contributed by atoms with Crippen molar-refractivity contribution in [3.8, 4) is 0 Å². The van der Waals surface area contributed by atoms with E-state index in [2.05, 4.69) is 15.9 Å². The van der Waals surface area contributed by atoms with Crippen LogP contribution in [0.2, 0.25) is 0 Å². The summed E-state index contributed by atoms with van der Waals surface area (Å²) in [5, 5.41) is 0. The average Bonchev–Trinajstić information content (AvgIpc) is 2.66. The summed E-state index contributed by atoms with van der Waals surface area (Å²) in [5.74, 6) is 0.211. The van der Waals surface area contributed by atoms with E-state index in [1.165, 1.54) is 0 Å². The third-order valence-corrected chi connectivity index (χ3v) is 3.09. The Morgan fingerprint density at radius 2 is 2.07 bits per heavy atom. The van der Waals surface area contributed by atoms with Crippen LogP contribution < -0.4 is 0 Å². The molecule has 1 saturated heterocycles. The molecule has 0 spiro atoms. The molecule has 78 valence electrons. The number of hydrogen-bond donors (Lipinski definition) is 0. The molecular formula is C12H12BrNO. The van der Waals surface area contributed by atoms with E-state index in [1.807, 2.05) is 36.5 Å². The Morgan fingerprint density at radius 3 is 2.67 bits per heavy atom. The molecule has 1 aliphatic rings. The molecule has 1 aromatic rings. The van der Waals surface area contributed by atoms with Gasteiger partial charge in [0, 0.05) is 23.6 Å². The lowest BCUT2D eigenvalue weighted by Crippen LogP contribution is -2.17. The van der Waals surface area contributed by atoms with Crippen LogP contribution in [0.1, 0.15) is 18.4 Å². The Morgan fingerprint density at radius 1 is 1.33 bits per heavy atom. The van der Waals surface area contributed by atoms with Crippen molar-refractivity contribution in [2.75, 3.05) is 6.54 Å². The minimum absolute atomic E-state index is 0.211. The number of nitrogens with zero attached hydrogens (tertiary/aromatic N) is 1. The highest BCUT2D eigenvalue weighted by Gasteiger charge is 2.18. The molecule has 2 nitrogen and oxygen atoms in total. The second kappa shape index (κ2) is 4.62. The van der Waals surface area contributed by atoms with Gasteiger partial charge in [-0.25, -0.2) is 0 Å². The average molecular weight is 266 g/mol. The summed E-state index contributed by atoms with van der Waals surface area (Å²) < 4.78 is 0.957. The summed E-state index contributed by atoms with van der Waals surface area (Å²) in [5.41, 5.74) is 1.09. The standard InChI is InChI=1S/C12H12BrNO/c13-11(10-5-2-1-3-6-10)9-14-8-4-7-12(14)15/h1-3,5-6,9H,4,7-8H2/b11-9-. The zero-order chi connectivity index (χ0) is 10.7. The van der Waals surface area contributed by atoms with Crippen molar-refractivity contribution in [1.29, 1.82) is 0 Å². The number of amides is 1. The first-order chi connectivity index (χ1) is 7.27. The largest absolute Gasteiger partial charge is 0.318 e. The molecule has 0 radical (unpaired) electrons. The van der Waals surface area contributed by atoms with E-state index in [1.54, 1.807) is 4.90 Å². The van der Waals surface area contributed by atoms with Crippen molar-refractivity contribution in [2.24, 2.45) is 0 Å². The summed E-state index contributed by atoms with van der Waals surface area (Å²) in [7, 11) is 0. The molecule has 3 heteroatoms. The van der Waals surface area contributed by atoms with Gasteiger partial charge in [0.25, 0.3) is 0 Å². The van der Waals surface area contributed by atoms with Crippen molar-refractivity contribution in [3.63, 3.8) is 0 Å². The Hall–Kier alpha value is -1.09. The second-order valence-corrected chi connectivity index (χ2v) is 4.39. The van der Waals surface area contributed by atoms with Crippen molar-refractivity contribution in [3.05, 3.63) is 42.1 Å². The fourth-order valence-electron chi connectivity index (χ4n) is 1.61. The van der Waals surface area contributed by atoms with E-state index in [-0.39, 0.29) is 5.91 Å². The van der Waals surface area contributed by atoms with Gasteiger partial charge >= 0.3 is 0 Å². The maximum atomic E-state index is 11.4. The number of benzene rings is 1. The fourth-order valence-corrected chi connectivity index (χ4v) is 2.13. The number of likely N-dealkylation sites (tertiary alicyclic amines) is 1. The van der Waals surface area contributed by atoms with Crippen LogP contribution in [-0.4, -0.2) is 17.4 Å². The Kier molecular flexibility index (Phi) is 3.21. The summed E-state index contributed by atoms with van der Waals surface area (Å²) in [6, 6.07) is 9.97. The van der Waals surface area contributed by atoms with Crippen LogP contribution in [0, 0.1) is 0 Å². The molecule has 2 rings (SSSR count). The number of hydrogen-bond acceptors (Lipinski definition) is 1. The normalized spacial score (nSPS) is 17.3. The molecule has 0 atom stereocenters. The molecule has 1 heterocycles. The van der Waals surface area contributed by atoms with Gasteiger partial charge in [-0.05, 0) is 27.9 Å². The zero-order valence-electron chi connectivity index (χ0n) is 8.32. The van der Waals surface area contributed by atoms with Crippen LogP contribution >= 0.6 is 15.9 Å². The molecule has 0 aliphatic carbocycles. The van der Waals surface area contributed by atoms with Crippen LogP contribution in [0.15, 0.2) is 36.5 Å². The van der Waals surface area contributed by atoms with Crippen molar-refractivity contribution in [2.45, 2.75) is 12.8 Å². The number of carbonyl (C=O) groups is 1. The van der Waals surface area contributed by atoms with Gasteiger partial charge in [-0.3, -0.25) is 4.79 Å². The Labute approximate surface area is 97.7 Å². The predicted octanol–water partition coefficient (Wildman–Crippen LogP) is 3.00. The maximum Gasteiger partial charge on any atom is 0.226 e. The Bertz CT molecular complexity index is 386. The fraction of sp³-hybridized carbons (Fsp3) is 0.250. The molecule has 15 heavy (non-hydrogen) atoms. The van der Waals surface area contributed by atoms with E-state index in [4.69, 9.17) is 0 Å². The van der Waals surface area contributed by atoms with Crippen LogP contribution in [0.25, 0.3) is 4.48 Å². The van der Waals surface area contributed by atoms with Crippen molar-refractivity contribution in [1.82, 2.24) is 4.90 Å². The molecule has 1 aliphatic heterocycles. The minimum atomic E-state index is 0.211. The van der Waals surface area contributed by atoms with Gasteiger partial charge in [-0.1, -0.05) is 30.3 Å². The number of halogens is 1. The van der Waals surface area contributed by atoms with E-state index < -0.39 is 0 Å². The lowest BCUT2D eigenvalue weighted by atomic mass is 10.2. The molecule has 0 N–H and O–H groups in total. The first kappa shape index (κ1) is 10.4. The molecule has 1 amide bonds. The monoisotopic (exact) mass is 265 g/mol. The highest BCUT2D eigenvalue weighted by molar-refractivity contribution is 9.15. The van der Waals surface area contributed by atoms with Gasteiger partial charge in [-0.2, -0.15) is 0 Å². The van der Waals surface area contributed by atoms with Crippen LogP contribution in [-0.2, 0) is 4.79 Å². The van der Waals surface area contributed by atoms with Crippen LogP contribution in [0.3, 0.4) is 0 Å². The third kappa shape index (κ3) is 2.48. The molecule has 1 aromatic carbocycles. The molecule has 1 fully saturated rings. The highest BCUT2D eigenvalue weighted by atomic mass is 79.9. The number of rotatable bonds is 2. The van der Waals surface area contributed by atoms with E-state index in [0.717, 1.165) is 23.0 Å². The lowest BCUT2D eigenvalue weighted by molar-refractivity contribution is -0.125. The summed E-state index contributed by atoms with van der Waals surface area (Å²) in [4.78, 5) is 13.2. The molecule has 0 aromatic heterocycles. The number of carbonyl (C=O) groups excluding carboxylic acids is 1. The van der Waals surface area contributed by atoms with Gasteiger partial charge in [0.1, 0.15) is 0 Å². The molecule has 0 unspecified atom stereocenters. The summed E-state index contributed by atoms with van der Waals surface area (Å²) >= 11 is 3.49. The Balaban J connectivity index is 2.17. The van der Waals surface area contributed by atoms with Crippen molar-refractivity contribution < 1.29 is 4.79 Å². The van der Waals surface area contributed by atoms with E-state index in [9.17, 15) is 4.79 Å². The molecule has 0 saturated carbocycles. The lowest BCUT2D eigenvalue weighted by Gasteiger charge is -2.10. The van der Waals surface area contributed by atoms with E-state index >= 15 is 0 Å². The van der Waals surface area contributed by atoms with Crippen LogP contribution in [0.4, 0.5) is 0 Å². The van der Waals surface area contributed by atoms with E-state index in [0.29, 0.717) is 6.42 Å². The van der Waals surface area contributed by atoms with Gasteiger partial charge in [0.15, 0.2) is 0 Å². The van der Waals surface area contributed by atoms with Gasteiger partial charge in [-0.15, -0.1) is 0 Å². The smallest absolute Gasteiger partial charge is 0.226 e. The molecular weight excluding hydrogens is 254 g/mol. The van der Waals surface area contributed by atoms with Crippen LogP contribution in [0.5, 0.6) is 0 Å². The quantitative estimate of drug-likeness (QED) is 0.805. The minimum Gasteiger partial charge on any atom is -0.318 e. The maximum absolute atomic E-state index is 11.4. The van der Waals surface area contributed by atoms with Crippen molar-refractivity contribution >= 4 is 26.3 Å². The first-order valence-electron chi connectivity index (χ1n) is 4.99. The third-order valence-electron chi connectivity index (χ3n) is 2.43. The summed E-state index contributed by atoms with van der Waals surface area (Å²) in [6.45, 7) is 0.834. The summed E-state index contributed by atoms with van der Waals surface area (Å²) in [6.07, 6.45) is 3.51. The zero-order valence-corrected chi connectivity index (χ0v) is 9.90. The second-order valence-electron chi connectivity index (χ2n) is 3.53. The van der Waals surface area contributed by atoms with Gasteiger partial charge < -0.3 is 4.90 Å². The van der Waals surface area contributed by atoms with Gasteiger partial charge in [0.2, 0.25) is 5.91 Å². The first-order valence-corrected chi connectivity index (χ1v) is 5.79.